The lowest BCUT2D eigenvalue weighted by Crippen LogP contribution is -2.54. The number of piperazine rings is 1. The summed E-state index contributed by atoms with van der Waals surface area (Å²) < 4.78 is 18.0. The third-order valence-electron chi connectivity index (χ3n) is 3.42. The molecule has 0 unspecified atom stereocenters. The van der Waals surface area contributed by atoms with E-state index in [4.69, 9.17) is 4.74 Å². The molecule has 1 fully saturated rings. The molecule has 4 nitrogen and oxygen atoms in total. The van der Waals surface area contributed by atoms with Crippen molar-refractivity contribution in [2.45, 2.75) is 12.6 Å². The van der Waals surface area contributed by atoms with E-state index < -0.39 is 6.67 Å². The molecule has 104 valence electrons. The zero-order valence-corrected chi connectivity index (χ0v) is 11.1. The molecule has 1 saturated heterocycles. The van der Waals surface area contributed by atoms with Crippen molar-refractivity contribution in [2.75, 3.05) is 33.4 Å². The molecule has 0 bridgehead atoms. The van der Waals surface area contributed by atoms with Gasteiger partial charge in [-0.3, -0.25) is 4.90 Å². The minimum Gasteiger partial charge on any atom is -0.445 e. The highest BCUT2D eigenvalue weighted by Crippen LogP contribution is 2.10. The molecule has 19 heavy (non-hydrogen) atoms. The highest BCUT2D eigenvalue weighted by atomic mass is 19.1. The van der Waals surface area contributed by atoms with E-state index in [2.05, 4.69) is 0 Å². The van der Waals surface area contributed by atoms with E-state index in [-0.39, 0.29) is 18.7 Å². The third kappa shape index (κ3) is 3.67. The first-order valence-corrected chi connectivity index (χ1v) is 6.42. The second-order valence-corrected chi connectivity index (χ2v) is 4.77. The summed E-state index contributed by atoms with van der Waals surface area (Å²) in [6, 6.07) is 9.30. The fourth-order valence-electron chi connectivity index (χ4n) is 2.09. The van der Waals surface area contributed by atoms with Crippen molar-refractivity contribution in [1.82, 2.24) is 9.80 Å². The van der Waals surface area contributed by atoms with E-state index >= 15 is 0 Å². The molecule has 1 aromatic carbocycles. The fourth-order valence-corrected chi connectivity index (χ4v) is 2.09. The van der Waals surface area contributed by atoms with E-state index in [1.54, 1.807) is 4.90 Å². The molecule has 0 aliphatic carbocycles. The predicted molar refractivity (Wildman–Crippen MR) is 70.6 cm³/mol. The van der Waals surface area contributed by atoms with Crippen molar-refractivity contribution in [3.05, 3.63) is 35.9 Å². The molecule has 0 radical (unpaired) electrons. The van der Waals surface area contributed by atoms with Crippen molar-refractivity contribution in [3.8, 4) is 0 Å². The Kier molecular flexibility index (Phi) is 4.74. The molecule has 1 amide bonds. The average molecular weight is 266 g/mol. The molecule has 1 atom stereocenters. The van der Waals surface area contributed by atoms with E-state index in [9.17, 15) is 9.18 Å². The number of hydrogen-bond donors (Lipinski definition) is 0. The maximum atomic E-state index is 12.8. The summed E-state index contributed by atoms with van der Waals surface area (Å²) in [6.45, 7) is 1.46. The van der Waals surface area contributed by atoms with Gasteiger partial charge in [-0.2, -0.15) is 0 Å². The lowest BCUT2D eigenvalue weighted by molar-refractivity contribution is 0.0502. The molecule has 0 spiro atoms. The summed E-state index contributed by atoms with van der Waals surface area (Å²) in [7, 11) is 1.87. The Morgan fingerprint density at radius 3 is 2.79 bits per heavy atom. The Balaban J connectivity index is 1.83. The number of hydrogen-bond acceptors (Lipinski definition) is 3. The number of carbonyl (C=O) groups excluding carboxylic acids is 1. The van der Waals surface area contributed by atoms with Crippen molar-refractivity contribution < 1.29 is 13.9 Å². The lowest BCUT2D eigenvalue weighted by atomic mass is 10.2. The van der Waals surface area contributed by atoms with Crippen LogP contribution in [0.4, 0.5) is 9.18 Å². The SMILES string of the molecule is CN1CCN(C(=O)OCc2ccccc2)C[C@@H]1CF. The van der Waals surface area contributed by atoms with Crippen LogP contribution >= 0.6 is 0 Å². The molecular formula is C14H19FN2O2. The van der Waals surface area contributed by atoms with Gasteiger partial charge in [-0.15, -0.1) is 0 Å². The van der Waals surface area contributed by atoms with Gasteiger partial charge >= 0.3 is 6.09 Å². The van der Waals surface area contributed by atoms with Crippen molar-refractivity contribution >= 4 is 6.09 Å². The summed E-state index contributed by atoms with van der Waals surface area (Å²) in [4.78, 5) is 15.4. The number of rotatable bonds is 3. The Morgan fingerprint density at radius 2 is 2.11 bits per heavy atom. The highest BCUT2D eigenvalue weighted by molar-refractivity contribution is 5.67. The first-order chi connectivity index (χ1) is 9.20. The van der Waals surface area contributed by atoms with E-state index in [1.807, 2.05) is 42.3 Å². The van der Waals surface area contributed by atoms with Gasteiger partial charge in [0.25, 0.3) is 0 Å². The Hall–Kier alpha value is -1.62. The predicted octanol–water partition coefficient (Wildman–Crippen LogP) is 1.91. The van der Waals surface area contributed by atoms with Crippen LogP contribution in [0.3, 0.4) is 0 Å². The second kappa shape index (κ2) is 6.52. The molecular weight excluding hydrogens is 247 g/mol. The molecule has 1 aliphatic rings. The summed E-state index contributed by atoms with van der Waals surface area (Å²) in [5.74, 6) is 0. The molecule has 2 rings (SSSR count). The van der Waals surface area contributed by atoms with Gasteiger partial charge in [-0.1, -0.05) is 30.3 Å². The summed E-state index contributed by atoms with van der Waals surface area (Å²) in [5.41, 5.74) is 0.951. The smallest absolute Gasteiger partial charge is 0.410 e. The lowest BCUT2D eigenvalue weighted by Gasteiger charge is -2.37. The largest absolute Gasteiger partial charge is 0.445 e. The molecule has 1 aliphatic heterocycles. The van der Waals surface area contributed by atoms with Gasteiger partial charge < -0.3 is 9.64 Å². The Labute approximate surface area is 112 Å². The van der Waals surface area contributed by atoms with Crippen LogP contribution in [0.25, 0.3) is 0 Å². The van der Waals surface area contributed by atoms with Crippen LogP contribution in [-0.4, -0.2) is 55.3 Å². The maximum absolute atomic E-state index is 12.8. The van der Waals surface area contributed by atoms with Crippen LogP contribution in [0.5, 0.6) is 0 Å². The fraction of sp³-hybridized carbons (Fsp3) is 0.500. The number of amides is 1. The minimum atomic E-state index is -0.445. The van der Waals surface area contributed by atoms with Gasteiger partial charge in [0.15, 0.2) is 0 Å². The summed E-state index contributed by atoms with van der Waals surface area (Å²) >= 11 is 0. The van der Waals surface area contributed by atoms with Gasteiger partial charge in [0.1, 0.15) is 13.3 Å². The van der Waals surface area contributed by atoms with E-state index in [0.29, 0.717) is 19.6 Å². The standard InChI is InChI=1S/C14H19FN2O2/c1-16-7-8-17(10-13(16)9-15)14(18)19-11-12-5-3-2-4-6-12/h2-6,13H,7-11H2,1H3/t13-/m0/s1. The third-order valence-corrected chi connectivity index (χ3v) is 3.42. The molecule has 0 N–H and O–H groups in total. The number of nitrogens with zero attached hydrogens (tertiary/aromatic N) is 2. The highest BCUT2D eigenvalue weighted by Gasteiger charge is 2.27. The maximum Gasteiger partial charge on any atom is 0.410 e. The van der Waals surface area contributed by atoms with Gasteiger partial charge in [0.05, 0.1) is 6.04 Å². The molecule has 0 aromatic heterocycles. The zero-order valence-electron chi connectivity index (χ0n) is 11.1. The van der Waals surface area contributed by atoms with Gasteiger partial charge in [0.2, 0.25) is 0 Å². The first kappa shape index (κ1) is 13.8. The van der Waals surface area contributed by atoms with E-state index in [0.717, 1.165) is 5.56 Å². The molecule has 5 heteroatoms. The Bertz CT molecular complexity index is 413. The van der Waals surface area contributed by atoms with E-state index in [1.165, 1.54) is 0 Å². The topological polar surface area (TPSA) is 32.8 Å². The normalized spacial score (nSPS) is 20.3. The number of halogens is 1. The number of carbonyl (C=O) groups is 1. The van der Waals surface area contributed by atoms with Crippen molar-refractivity contribution in [3.63, 3.8) is 0 Å². The summed E-state index contributed by atoms with van der Waals surface area (Å²) in [6.07, 6.45) is -0.365. The van der Waals surface area contributed by atoms with Crippen LogP contribution < -0.4 is 0 Å². The van der Waals surface area contributed by atoms with Crippen LogP contribution in [0.2, 0.25) is 0 Å². The number of benzene rings is 1. The van der Waals surface area contributed by atoms with Gasteiger partial charge in [-0.25, -0.2) is 9.18 Å². The van der Waals surface area contributed by atoms with Crippen LogP contribution in [-0.2, 0) is 11.3 Å². The number of alkyl halides is 1. The van der Waals surface area contributed by atoms with Crippen LogP contribution in [0.1, 0.15) is 5.56 Å². The molecule has 1 aromatic rings. The molecule has 1 heterocycles. The second-order valence-electron chi connectivity index (χ2n) is 4.77. The van der Waals surface area contributed by atoms with Crippen LogP contribution in [0, 0.1) is 0 Å². The van der Waals surface area contributed by atoms with Crippen molar-refractivity contribution in [2.24, 2.45) is 0 Å². The average Bonchev–Trinajstić information content (AvgIpc) is 2.46. The number of ether oxygens (including phenoxy) is 1. The van der Waals surface area contributed by atoms with Crippen molar-refractivity contribution in [1.29, 1.82) is 0 Å². The summed E-state index contributed by atoms with van der Waals surface area (Å²) in [5, 5.41) is 0. The minimum absolute atomic E-state index is 0.224. The first-order valence-electron chi connectivity index (χ1n) is 6.42. The number of likely N-dealkylation sites (N-methyl/N-ethyl adjacent to an activating group) is 1. The van der Waals surface area contributed by atoms with Crippen LogP contribution in [0.15, 0.2) is 30.3 Å². The van der Waals surface area contributed by atoms with Gasteiger partial charge in [-0.05, 0) is 12.6 Å². The quantitative estimate of drug-likeness (QED) is 0.838. The zero-order chi connectivity index (χ0) is 13.7. The van der Waals surface area contributed by atoms with Gasteiger partial charge in [0, 0.05) is 19.6 Å². The Morgan fingerprint density at radius 1 is 1.37 bits per heavy atom. The monoisotopic (exact) mass is 266 g/mol. The molecule has 0 saturated carbocycles.